The number of aryl methyl sites for hydroxylation is 1. The van der Waals surface area contributed by atoms with Crippen molar-refractivity contribution in [3.8, 4) is 0 Å². The lowest BCUT2D eigenvalue weighted by Gasteiger charge is -2.03. The van der Waals surface area contributed by atoms with Crippen molar-refractivity contribution in [3.05, 3.63) is 11.8 Å². The number of anilines is 1. The highest BCUT2D eigenvalue weighted by molar-refractivity contribution is 5.90. The number of ether oxygens (including phenoxy) is 1. The fraction of sp³-hybridized carbons (Fsp3) is 0.600. The summed E-state index contributed by atoms with van der Waals surface area (Å²) >= 11 is 0. The molecule has 1 saturated carbocycles. The number of carbonyl (C=O) groups is 1. The van der Waals surface area contributed by atoms with Crippen LogP contribution in [0, 0.1) is 0 Å². The molecule has 1 aromatic rings. The van der Waals surface area contributed by atoms with Gasteiger partial charge in [0.15, 0.2) is 0 Å². The first-order valence-electron chi connectivity index (χ1n) is 5.03. The molecule has 1 aromatic heterocycles. The van der Waals surface area contributed by atoms with E-state index in [9.17, 15) is 4.79 Å². The maximum Gasteiger partial charge on any atom is 0.251 e. The summed E-state index contributed by atoms with van der Waals surface area (Å²) in [7, 11) is 3.33. The minimum atomic E-state index is -0.150. The quantitative estimate of drug-likeness (QED) is 0.801. The normalized spacial score (nSPS) is 15.3. The molecule has 1 N–H and O–H groups in total. The Labute approximate surface area is 88.4 Å². The fourth-order valence-corrected chi connectivity index (χ4v) is 1.50. The summed E-state index contributed by atoms with van der Waals surface area (Å²) in [5.74, 6) is 1.19. The summed E-state index contributed by atoms with van der Waals surface area (Å²) in [5, 5.41) is 7.10. The zero-order chi connectivity index (χ0) is 10.8. The second kappa shape index (κ2) is 4.02. The van der Waals surface area contributed by atoms with Crippen molar-refractivity contribution in [1.29, 1.82) is 0 Å². The molecular weight excluding hydrogens is 194 g/mol. The van der Waals surface area contributed by atoms with Gasteiger partial charge in [-0.25, -0.2) is 0 Å². The first kappa shape index (κ1) is 10.2. The van der Waals surface area contributed by atoms with Gasteiger partial charge in [0.1, 0.15) is 12.4 Å². The number of aromatic nitrogens is 2. The van der Waals surface area contributed by atoms with Crippen LogP contribution in [0.1, 0.15) is 24.5 Å². The SMILES string of the molecule is COCC(=O)Nc1cc(C2CC2)nn1C. The van der Waals surface area contributed by atoms with Gasteiger partial charge in [-0.1, -0.05) is 0 Å². The molecule has 1 aliphatic rings. The molecule has 2 rings (SSSR count). The Morgan fingerprint density at radius 1 is 1.73 bits per heavy atom. The van der Waals surface area contributed by atoms with Gasteiger partial charge in [-0.2, -0.15) is 5.10 Å². The lowest BCUT2D eigenvalue weighted by atomic mass is 10.3. The highest BCUT2D eigenvalue weighted by Gasteiger charge is 2.27. The Kier molecular flexibility index (Phi) is 2.73. The van der Waals surface area contributed by atoms with Crippen molar-refractivity contribution < 1.29 is 9.53 Å². The first-order chi connectivity index (χ1) is 7.20. The van der Waals surface area contributed by atoms with Crippen LogP contribution in [-0.2, 0) is 16.6 Å². The molecule has 0 saturated heterocycles. The number of hydrogen-bond donors (Lipinski definition) is 1. The Hall–Kier alpha value is -1.36. The average molecular weight is 209 g/mol. The number of nitrogens with one attached hydrogen (secondary N) is 1. The van der Waals surface area contributed by atoms with Crippen molar-refractivity contribution >= 4 is 11.7 Å². The van der Waals surface area contributed by atoms with E-state index in [0.717, 1.165) is 11.5 Å². The number of carbonyl (C=O) groups excluding carboxylic acids is 1. The predicted molar refractivity (Wildman–Crippen MR) is 55.7 cm³/mol. The van der Waals surface area contributed by atoms with Gasteiger partial charge < -0.3 is 10.1 Å². The van der Waals surface area contributed by atoms with E-state index >= 15 is 0 Å². The van der Waals surface area contributed by atoms with Crippen LogP contribution in [0.4, 0.5) is 5.82 Å². The summed E-state index contributed by atoms with van der Waals surface area (Å²) < 4.78 is 6.44. The molecule has 0 unspecified atom stereocenters. The lowest BCUT2D eigenvalue weighted by molar-refractivity contribution is -0.119. The van der Waals surface area contributed by atoms with Gasteiger partial charge >= 0.3 is 0 Å². The highest BCUT2D eigenvalue weighted by Crippen LogP contribution is 2.39. The molecule has 1 amide bonds. The molecule has 0 atom stereocenters. The third-order valence-electron chi connectivity index (χ3n) is 2.44. The number of amides is 1. The van der Waals surface area contributed by atoms with Crippen LogP contribution >= 0.6 is 0 Å². The third kappa shape index (κ3) is 2.36. The number of rotatable bonds is 4. The topological polar surface area (TPSA) is 56.1 Å². The Bertz CT molecular complexity index is 369. The van der Waals surface area contributed by atoms with Crippen LogP contribution in [0.3, 0.4) is 0 Å². The fourth-order valence-electron chi connectivity index (χ4n) is 1.50. The largest absolute Gasteiger partial charge is 0.375 e. The van der Waals surface area contributed by atoms with E-state index in [-0.39, 0.29) is 12.5 Å². The monoisotopic (exact) mass is 209 g/mol. The molecule has 0 radical (unpaired) electrons. The molecule has 0 aliphatic heterocycles. The van der Waals surface area contributed by atoms with Crippen LogP contribution in [0.25, 0.3) is 0 Å². The van der Waals surface area contributed by atoms with Gasteiger partial charge in [0, 0.05) is 26.1 Å². The van der Waals surface area contributed by atoms with Gasteiger partial charge in [-0.3, -0.25) is 9.48 Å². The molecule has 0 spiro atoms. The Morgan fingerprint density at radius 3 is 3.07 bits per heavy atom. The predicted octanol–water partition coefficient (Wildman–Crippen LogP) is 0.882. The zero-order valence-corrected chi connectivity index (χ0v) is 8.99. The second-order valence-electron chi connectivity index (χ2n) is 3.83. The summed E-state index contributed by atoms with van der Waals surface area (Å²) in [6.45, 7) is 0.0734. The van der Waals surface area contributed by atoms with E-state index in [4.69, 9.17) is 4.74 Å². The number of nitrogens with zero attached hydrogens (tertiary/aromatic N) is 2. The molecule has 82 valence electrons. The maximum absolute atomic E-state index is 11.3. The van der Waals surface area contributed by atoms with Crippen LogP contribution in [0.5, 0.6) is 0 Å². The molecular formula is C10H15N3O2. The van der Waals surface area contributed by atoms with Crippen LogP contribution in [0.15, 0.2) is 6.07 Å². The summed E-state index contributed by atoms with van der Waals surface area (Å²) in [4.78, 5) is 11.3. The molecule has 5 nitrogen and oxygen atoms in total. The van der Waals surface area contributed by atoms with Crippen LogP contribution in [-0.4, -0.2) is 29.4 Å². The van der Waals surface area contributed by atoms with Crippen molar-refractivity contribution in [2.75, 3.05) is 19.0 Å². The van der Waals surface area contributed by atoms with Crippen LogP contribution in [0.2, 0.25) is 0 Å². The first-order valence-corrected chi connectivity index (χ1v) is 5.03. The van der Waals surface area contributed by atoms with Gasteiger partial charge in [-0.15, -0.1) is 0 Å². The van der Waals surface area contributed by atoms with E-state index in [1.54, 1.807) is 4.68 Å². The Balaban J connectivity index is 2.03. The van der Waals surface area contributed by atoms with Gasteiger partial charge in [0.2, 0.25) is 0 Å². The van der Waals surface area contributed by atoms with Gasteiger partial charge in [0.05, 0.1) is 5.69 Å². The van der Waals surface area contributed by atoms with E-state index in [1.165, 1.54) is 20.0 Å². The van der Waals surface area contributed by atoms with E-state index in [1.807, 2.05) is 13.1 Å². The number of hydrogen-bond acceptors (Lipinski definition) is 3. The molecule has 15 heavy (non-hydrogen) atoms. The molecule has 1 aliphatic carbocycles. The molecule has 1 heterocycles. The number of methoxy groups -OCH3 is 1. The van der Waals surface area contributed by atoms with Gasteiger partial charge in [0.25, 0.3) is 5.91 Å². The van der Waals surface area contributed by atoms with Crippen molar-refractivity contribution in [1.82, 2.24) is 9.78 Å². The van der Waals surface area contributed by atoms with Crippen LogP contribution < -0.4 is 5.32 Å². The molecule has 5 heteroatoms. The minimum Gasteiger partial charge on any atom is -0.375 e. The molecule has 1 fully saturated rings. The van der Waals surface area contributed by atoms with E-state index in [2.05, 4.69) is 10.4 Å². The smallest absolute Gasteiger partial charge is 0.251 e. The summed E-state index contributed by atoms with van der Waals surface area (Å²) in [6.07, 6.45) is 2.42. The van der Waals surface area contributed by atoms with Crippen molar-refractivity contribution in [2.24, 2.45) is 7.05 Å². The third-order valence-corrected chi connectivity index (χ3v) is 2.44. The average Bonchev–Trinajstić information content (AvgIpc) is 2.94. The van der Waals surface area contributed by atoms with Gasteiger partial charge in [-0.05, 0) is 12.8 Å². The standard InChI is InChI=1S/C10H15N3O2/c1-13-9(11-10(14)6-15-2)5-8(12-13)7-3-4-7/h5,7H,3-4,6H2,1-2H3,(H,11,14). The van der Waals surface area contributed by atoms with Crippen molar-refractivity contribution in [2.45, 2.75) is 18.8 Å². The lowest BCUT2D eigenvalue weighted by Crippen LogP contribution is -2.18. The van der Waals surface area contributed by atoms with E-state index < -0.39 is 0 Å². The Morgan fingerprint density at radius 2 is 2.47 bits per heavy atom. The summed E-state index contributed by atoms with van der Waals surface area (Å²) in [6, 6.07) is 1.94. The molecule has 0 bridgehead atoms. The minimum absolute atomic E-state index is 0.0734. The van der Waals surface area contributed by atoms with Crippen molar-refractivity contribution in [3.63, 3.8) is 0 Å². The highest BCUT2D eigenvalue weighted by atomic mass is 16.5. The maximum atomic E-state index is 11.3. The summed E-state index contributed by atoms with van der Waals surface area (Å²) in [5.41, 5.74) is 1.07. The second-order valence-corrected chi connectivity index (χ2v) is 3.83. The van der Waals surface area contributed by atoms with E-state index in [0.29, 0.717) is 5.92 Å². The molecule has 0 aromatic carbocycles. The zero-order valence-electron chi connectivity index (χ0n) is 8.99.